The lowest BCUT2D eigenvalue weighted by Gasteiger charge is -2.09. The fourth-order valence-electron chi connectivity index (χ4n) is 1.14. The number of hydrogen-bond acceptors (Lipinski definition) is 5. The molecule has 0 bridgehead atoms. The Kier molecular flexibility index (Phi) is 5.42. The van der Waals surface area contributed by atoms with Crippen LogP contribution in [0.15, 0.2) is 24.3 Å². The van der Waals surface area contributed by atoms with Gasteiger partial charge >= 0.3 is 6.09 Å². The van der Waals surface area contributed by atoms with Crippen LogP contribution >= 0.6 is 0 Å². The number of amides is 1. The van der Waals surface area contributed by atoms with E-state index in [1.165, 1.54) is 0 Å². The molecule has 0 saturated carbocycles. The molecule has 0 aliphatic carbocycles. The van der Waals surface area contributed by atoms with Crippen LogP contribution in [0.1, 0.15) is 5.56 Å². The van der Waals surface area contributed by atoms with Crippen LogP contribution in [0.3, 0.4) is 0 Å². The zero-order valence-corrected chi connectivity index (χ0v) is 9.47. The lowest BCUT2D eigenvalue weighted by Crippen LogP contribution is -2.40. The Morgan fingerprint density at radius 2 is 2.17 bits per heavy atom. The molecule has 0 unspecified atom stereocenters. The SMILES string of the molecule is N=C(NNC(=O)O)c1cccc(OCCON)c1. The number of nitrogens with two attached hydrogens (primary N) is 1. The highest BCUT2D eigenvalue weighted by atomic mass is 16.6. The molecular formula is C10H14N4O4. The van der Waals surface area contributed by atoms with Crippen molar-refractivity contribution < 1.29 is 19.5 Å². The molecule has 0 spiro atoms. The van der Waals surface area contributed by atoms with Gasteiger partial charge in [-0.3, -0.25) is 10.8 Å². The van der Waals surface area contributed by atoms with Crippen LogP contribution in [-0.4, -0.2) is 30.2 Å². The fourth-order valence-corrected chi connectivity index (χ4v) is 1.14. The van der Waals surface area contributed by atoms with Crippen molar-refractivity contribution in [1.82, 2.24) is 10.9 Å². The number of carbonyl (C=O) groups is 1. The molecule has 0 aliphatic heterocycles. The third-order valence-electron chi connectivity index (χ3n) is 1.89. The van der Waals surface area contributed by atoms with Crippen molar-refractivity contribution in [3.8, 4) is 5.75 Å². The molecule has 18 heavy (non-hydrogen) atoms. The van der Waals surface area contributed by atoms with Crippen LogP contribution in [0.2, 0.25) is 0 Å². The summed E-state index contributed by atoms with van der Waals surface area (Å²) in [6, 6.07) is 6.63. The van der Waals surface area contributed by atoms with Gasteiger partial charge in [0.25, 0.3) is 0 Å². The zero-order chi connectivity index (χ0) is 13.4. The molecule has 0 atom stereocenters. The zero-order valence-electron chi connectivity index (χ0n) is 9.47. The lowest BCUT2D eigenvalue weighted by atomic mass is 10.2. The van der Waals surface area contributed by atoms with Gasteiger partial charge < -0.3 is 14.7 Å². The Morgan fingerprint density at radius 3 is 2.83 bits per heavy atom. The molecule has 0 heterocycles. The monoisotopic (exact) mass is 254 g/mol. The smallest absolute Gasteiger partial charge is 0.423 e. The normalized spacial score (nSPS) is 9.61. The van der Waals surface area contributed by atoms with Gasteiger partial charge in [-0.2, -0.15) is 0 Å². The number of rotatable bonds is 5. The van der Waals surface area contributed by atoms with E-state index in [1.807, 2.05) is 5.43 Å². The molecule has 6 N–H and O–H groups in total. The number of carboxylic acid groups (broad SMARTS) is 1. The van der Waals surface area contributed by atoms with Gasteiger partial charge in [-0.15, -0.1) is 0 Å². The van der Waals surface area contributed by atoms with Crippen molar-refractivity contribution in [1.29, 1.82) is 5.41 Å². The topological polar surface area (TPSA) is 130 Å². The van der Waals surface area contributed by atoms with Crippen LogP contribution in [0.5, 0.6) is 5.75 Å². The minimum Gasteiger partial charge on any atom is -0.491 e. The van der Waals surface area contributed by atoms with E-state index >= 15 is 0 Å². The van der Waals surface area contributed by atoms with E-state index in [9.17, 15) is 4.79 Å². The summed E-state index contributed by atoms with van der Waals surface area (Å²) in [7, 11) is 0. The Labute approximate surface area is 103 Å². The lowest BCUT2D eigenvalue weighted by molar-refractivity contribution is 0.102. The van der Waals surface area contributed by atoms with E-state index < -0.39 is 6.09 Å². The summed E-state index contributed by atoms with van der Waals surface area (Å²) in [5, 5.41) is 16.0. The van der Waals surface area contributed by atoms with Crippen LogP contribution in [-0.2, 0) is 4.84 Å². The van der Waals surface area contributed by atoms with Gasteiger partial charge in [0.2, 0.25) is 0 Å². The highest BCUT2D eigenvalue weighted by Crippen LogP contribution is 2.12. The van der Waals surface area contributed by atoms with Crippen molar-refractivity contribution in [2.45, 2.75) is 0 Å². The van der Waals surface area contributed by atoms with E-state index in [1.54, 1.807) is 24.3 Å². The molecule has 0 fully saturated rings. The van der Waals surface area contributed by atoms with Gasteiger partial charge in [0.15, 0.2) is 0 Å². The first-order valence-electron chi connectivity index (χ1n) is 5.02. The Hall–Kier alpha value is -2.32. The molecular weight excluding hydrogens is 240 g/mol. The second kappa shape index (κ2) is 7.09. The Bertz CT molecular complexity index is 424. The number of amidine groups is 1. The minimum atomic E-state index is -1.27. The molecule has 1 aromatic rings. The molecule has 1 rings (SSSR count). The van der Waals surface area contributed by atoms with Gasteiger partial charge in [0.1, 0.15) is 24.8 Å². The molecule has 0 radical (unpaired) electrons. The molecule has 0 aromatic heterocycles. The molecule has 0 aliphatic rings. The second-order valence-corrected chi connectivity index (χ2v) is 3.18. The highest BCUT2D eigenvalue weighted by Gasteiger charge is 2.04. The first kappa shape index (κ1) is 13.7. The third kappa shape index (κ3) is 4.68. The molecule has 98 valence electrons. The van der Waals surface area contributed by atoms with Crippen molar-refractivity contribution in [2.75, 3.05) is 13.2 Å². The average Bonchev–Trinajstić information content (AvgIpc) is 2.36. The van der Waals surface area contributed by atoms with Crippen LogP contribution in [0, 0.1) is 5.41 Å². The summed E-state index contributed by atoms with van der Waals surface area (Å²) < 4.78 is 5.30. The molecule has 0 saturated heterocycles. The van der Waals surface area contributed by atoms with E-state index in [-0.39, 0.29) is 19.0 Å². The van der Waals surface area contributed by atoms with Crippen LogP contribution in [0.4, 0.5) is 4.79 Å². The largest absolute Gasteiger partial charge is 0.491 e. The number of hydrogen-bond donors (Lipinski definition) is 5. The third-order valence-corrected chi connectivity index (χ3v) is 1.89. The van der Waals surface area contributed by atoms with Crippen LogP contribution < -0.4 is 21.5 Å². The van der Waals surface area contributed by atoms with Gasteiger partial charge in [0.05, 0.1) is 0 Å². The molecule has 8 nitrogen and oxygen atoms in total. The first-order valence-corrected chi connectivity index (χ1v) is 5.02. The molecule has 1 amide bonds. The predicted molar refractivity (Wildman–Crippen MR) is 63.2 cm³/mol. The van der Waals surface area contributed by atoms with Gasteiger partial charge in [-0.1, -0.05) is 12.1 Å². The van der Waals surface area contributed by atoms with Gasteiger partial charge in [0, 0.05) is 5.56 Å². The van der Waals surface area contributed by atoms with Crippen molar-refractivity contribution in [3.63, 3.8) is 0 Å². The maximum absolute atomic E-state index is 10.3. The quantitative estimate of drug-likeness (QED) is 0.218. The Morgan fingerprint density at radius 1 is 1.39 bits per heavy atom. The summed E-state index contributed by atoms with van der Waals surface area (Å²) in [5.41, 5.74) is 4.59. The molecule has 1 aromatic carbocycles. The second-order valence-electron chi connectivity index (χ2n) is 3.18. The summed E-state index contributed by atoms with van der Waals surface area (Å²) in [6.07, 6.45) is -1.27. The Balaban J connectivity index is 2.57. The number of hydrazine groups is 1. The first-order chi connectivity index (χ1) is 8.63. The van der Waals surface area contributed by atoms with Gasteiger partial charge in [-0.05, 0) is 12.1 Å². The van der Waals surface area contributed by atoms with E-state index in [4.69, 9.17) is 21.1 Å². The van der Waals surface area contributed by atoms with Crippen LogP contribution in [0.25, 0.3) is 0 Å². The van der Waals surface area contributed by atoms with E-state index in [0.29, 0.717) is 11.3 Å². The highest BCUT2D eigenvalue weighted by molar-refractivity contribution is 5.97. The van der Waals surface area contributed by atoms with Gasteiger partial charge in [-0.25, -0.2) is 16.1 Å². The van der Waals surface area contributed by atoms with Crippen molar-refractivity contribution in [2.24, 2.45) is 5.90 Å². The fraction of sp³-hybridized carbons (Fsp3) is 0.200. The van der Waals surface area contributed by atoms with E-state index in [2.05, 4.69) is 10.3 Å². The van der Waals surface area contributed by atoms with Crippen molar-refractivity contribution in [3.05, 3.63) is 29.8 Å². The van der Waals surface area contributed by atoms with Crippen molar-refractivity contribution >= 4 is 11.9 Å². The predicted octanol–water partition coefficient (Wildman–Crippen LogP) is 0.0533. The number of nitrogens with one attached hydrogen (secondary N) is 3. The summed E-state index contributed by atoms with van der Waals surface area (Å²) >= 11 is 0. The summed E-state index contributed by atoms with van der Waals surface area (Å²) in [6.45, 7) is 0.536. The number of ether oxygens (including phenoxy) is 1. The minimum absolute atomic E-state index is 0.0853. The average molecular weight is 254 g/mol. The summed E-state index contributed by atoms with van der Waals surface area (Å²) in [4.78, 5) is 14.6. The summed E-state index contributed by atoms with van der Waals surface area (Å²) in [5.74, 6) is 5.30. The molecule has 8 heteroatoms. The maximum atomic E-state index is 10.3. The standard InChI is InChI=1S/C10H14N4O4/c11-9(13-14-10(15)16)7-2-1-3-8(6-7)17-4-5-18-12/h1-3,6,14H,4-5,12H2,(H2,11,13)(H,15,16). The maximum Gasteiger partial charge on any atom is 0.423 e. The van der Waals surface area contributed by atoms with E-state index in [0.717, 1.165) is 0 Å². The number of benzene rings is 1.